The van der Waals surface area contributed by atoms with E-state index in [0.29, 0.717) is 6.04 Å². The van der Waals surface area contributed by atoms with Crippen LogP contribution in [0.3, 0.4) is 0 Å². The van der Waals surface area contributed by atoms with Crippen LogP contribution in [0.2, 0.25) is 0 Å². The molecular formula is C11H15ClFN. The number of benzene rings is 1. The van der Waals surface area contributed by atoms with Gasteiger partial charge in [-0.3, -0.25) is 0 Å². The normalized spacial score (nSPS) is 20.6. The molecule has 1 N–H and O–H groups in total. The Hall–Kier alpha value is -0.600. The number of aryl methyl sites for hydroxylation is 1. The zero-order valence-electron chi connectivity index (χ0n) is 8.22. The lowest BCUT2D eigenvalue weighted by Crippen LogP contribution is -2.13. The fourth-order valence-electron chi connectivity index (χ4n) is 1.98. The first-order chi connectivity index (χ1) is 6.27. The molecule has 1 saturated heterocycles. The maximum absolute atomic E-state index is 12.8. The van der Waals surface area contributed by atoms with Gasteiger partial charge in [0, 0.05) is 6.04 Å². The molecule has 1 nitrogen and oxygen atoms in total. The standard InChI is InChI=1S/C11H14FN.ClH/c1-8-7-9(12)4-5-10(8)11-3-2-6-13-11;/h4-5,7,11,13H,2-3,6H2,1H3;1H. The molecule has 0 aliphatic carbocycles. The molecule has 1 aliphatic rings. The lowest BCUT2D eigenvalue weighted by Gasteiger charge is -2.13. The zero-order valence-corrected chi connectivity index (χ0v) is 9.03. The van der Waals surface area contributed by atoms with E-state index in [4.69, 9.17) is 0 Å². The zero-order chi connectivity index (χ0) is 9.26. The van der Waals surface area contributed by atoms with Crippen LogP contribution >= 0.6 is 12.4 Å². The number of halogens is 2. The first-order valence-corrected chi connectivity index (χ1v) is 4.77. The molecule has 1 aromatic rings. The van der Waals surface area contributed by atoms with Crippen LogP contribution in [0.1, 0.15) is 30.0 Å². The number of hydrogen-bond donors (Lipinski definition) is 1. The Morgan fingerprint density at radius 2 is 2.21 bits per heavy atom. The fourth-order valence-corrected chi connectivity index (χ4v) is 1.98. The highest BCUT2D eigenvalue weighted by molar-refractivity contribution is 5.85. The van der Waals surface area contributed by atoms with E-state index in [2.05, 4.69) is 5.32 Å². The molecule has 1 fully saturated rings. The van der Waals surface area contributed by atoms with Crippen molar-refractivity contribution in [3.8, 4) is 0 Å². The minimum absolute atomic E-state index is 0. The van der Waals surface area contributed by atoms with Crippen LogP contribution in [0.5, 0.6) is 0 Å². The topological polar surface area (TPSA) is 12.0 Å². The summed E-state index contributed by atoms with van der Waals surface area (Å²) < 4.78 is 12.8. The number of rotatable bonds is 1. The summed E-state index contributed by atoms with van der Waals surface area (Å²) in [5, 5.41) is 3.41. The maximum atomic E-state index is 12.8. The van der Waals surface area contributed by atoms with Crippen LogP contribution in [0, 0.1) is 12.7 Å². The van der Waals surface area contributed by atoms with Crippen molar-refractivity contribution in [2.45, 2.75) is 25.8 Å². The fraction of sp³-hybridized carbons (Fsp3) is 0.455. The van der Waals surface area contributed by atoms with Crippen LogP contribution in [0.15, 0.2) is 18.2 Å². The molecule has 1 atom stereocenters. The van der Waals surface area contributed by atoms with E-state index in [0.717, 1.165) is 12.1 Å². The van der Waals surface area contributed by atoms with E-state index in [1.807, 2.05) is 13.0 Å². The molecule has 1 aromatic carbocycles. The third-order valence-electron chi connectivity index (χ3n) is 2.67. The van der Waals surface area contributed by atoms with E-state index in [1.165, 1.54) is 18.4 Å². The van der Waals surface area contributed by atoms with Gasteiger partial charge in [0.2, 0.25) is 0 Å². The Kier molecular flexibility index (Phi) is 3.90. The van der Waals surface area contributed by atoms with E-state index >= 15 is 0 Å². The summed E-state index contributed by atoms with van der Waals surface area (Å²) in [6.45, 7) is 3.06. The van der Waals surface area contributed by atoms with Gasteiger partial charge in [-0.2, -0.15) is 0 Å². The van der Waals surface area contributed by atoms with Crippen LogP contribution in [-0.4, -0.2) is 6.54 Å². The molecule has 2 rings (SSSR count). The Balaban J connectivity index is 0.000000980. The summed E-state index contributed by atoms with van der Waals surface area (Å²) >= 11 is 0. The molecule has 0 bridgehead atoms. The Labute approximate surface area is 90.1 Å². The SMILES string of the molecule is Cc1cc(F)ccc1C1CCCN1.Cl. The van der Waals surface area contributed by atoms with Gasteiger partial charge in [0.05, 0.1) is 0 Å². The molecule has 0 aromatic heterocycles. The second-order valence-corrected chi connectivity index (χ2v) is 3.65. The van der Waals surface area contributed by atoms with Crippen molar-refractivity contribution in [3.05, 3.63) is 35.1 Å². The van der Waals surface area contributed by atoms with Gasteiger partial charge in [0.25, 0.3) is 0 Å². The lowest BCUT2D eigenvalue weighted by atomic mass is 10.0. The third-order valence-corrected chi connectivity index (χ3v) is 2.67. The van der Waals surface area contributed by atoms with Crippen molar-refractivity contribution in [2.24, 2.45) is 0 Å². The Morgan fingerprint density at radius 1 is 1.43 bits per heavy atom. The minimum atomic E-state index is -0.140. The van der Waals surface area contributed by atoms with E-state index in [1.54, 1.807) is 12.1 Å². The van der Waals surface area contributed by atoms with E-state index in [-0.39, 0.29) is 18.2 Å². The molecule has 1 unspecified atom stereocenters. The highest BCUT2D eigenvalue weighted by Gasteiger charge is 2.17. The summed E-state index contributed by atoms with van der Waals surface area (Å²) in [5.41, 5.74) is 2.30. The summed E-state index contributed by atoms with van der Waals surface area (Å²) in [7, 11) is 0. The van der Waals surface area contributed by atoms with Crippen molar-refractivity contribution < 1.29 is 4.39 Å². The second kappa shape index (κ2) is 4.76. The predicted octanol–water partition coefficient (Wildman–Crippen LogP) is 2.98. The Bertz CT molecular complexity index is 308. The number of nitrogens with one attached hydrogen (secondary N) is 1. The predicted molar refractivity (Wildman–Crippen MR) is 58.4 cm³/mol. The van der Waals surface area contributed by atoms with Crippen LogP contribution in [-0.2, 0) is 0 Å². The average Bonchev–Trinajstić information content (AvgIpc) is 2.56. The summed E-state index contributed by atoms with van der Waals surface area (Å²) in [6.07, 6.45) is 2.40. The highest BCUT2D eigenvalue weighted by Crippen LogP contribution is 2.25. The molecule has 14 heavy (non-hydrogen) atoms. The van der Waals surface area contributed by atoms with Crippen molar-refractivity contribution in [1.29, 1.82) is 0 Å². The van der Waals surface area contributed by atoms with Gasteiger partial charge in [-0.1, -0.05) is 6.07 Å². The lowest BCUT2D eigenvalue weighted by molar-refractivity contribution is 0.614. The summed E-state index contributed by atoms with van der Waals surface area (Å²) in [5.74, 6) is -0.140. The molecule has 1 aliphatic heterocycles. The first-order valence-electron chi connectivity index (χ1n) is 4.77. The van der Waals surface area contributed by atoms with Gasteiger partial charge in [-0.15, -0.1) is 12.4 Å². The second-order valence-electron chi connectivity index (χ2n) is 3.65. The number of hydrogen-bond acceptors (Lipinski definition) is 1. The van der Waals surface area contributed by atoms with Crippen molar-refractivity contribution in [1.82, 2.24) is 5.32 Å². The van der Waals surface area contributed by atoms with Crippen LogP contribution in [0.4, 0.5) is 4.39 Å². The first kappa shape index (κ1) is 11.5. The molecule has 0 amide bonds. The molecule has 0 radical (unpaired) electrons. The maximum Gasteiger partial charge on any atom is 0.123 e. The van der Waals surface area contributed by atoms with E-state index in [9.17, 15) is 4.39 Å². The molecular weight excluding hydrogens is 201 g/mol. The largest absolute Gasteiger partial charge is 0.310 e. The smallest absolute Gasteiger partial charge is 0.123 e. The van der Waals surface area contributed by atoms with Crippen molar-refractivity contribution in [2.75, 3.05) is 6.54 Å². The molecule has 0 spiro atoms. The third kappa shape index (κ3) is 2.25. The molecule has 1 heterocycles. The van der Waals surface area contributed by atoms with Crippen LogP contribution < -0.4 is 5.32 Å². The average molecular weight is 216 g/mol. The summed E-state index contributed by atoms with van der Waals surface area (Å²) in [6, 6.07) is 5.49. The van der Waals surface area contributed by atoms with Gasteiger partial charge < -0.3 is 5.32 Å². The van der Waals surface area contributed by atoms with Gasteiger partial charge in [0.1, 0.15) is 5.82 Å². The monoisotopic (exact) mass is 215 g/mol. The summed E-state index contributed by atoms with van der Waals surface area (Å²) in [4.78, 5) is 0. The van der Waals surface area contributed by atoms with Crippen LogP contribution in [0.25, 0.3) is 0 Å². The van der Waals surface area contributed by atoms with Gasteiger partial charge in [-0.25, -0.2) is 4.39 Å². The minimum Gasteiger partial charge on any atom is -0.310 e. The van der Waals surface area contributed by atoms with Crippen molar-refractivity contribution >= 4 is 12.4 Å². The quantitative estimate of drug-likeness (QED) is 0.760. The van der Waals surface area contributed by atoms with Gasteiger partial charge >= 0.3 is 0 Å². The van der Waals surface area contributed by atoms with Gasteiger partial charge in [0.15, 0.2) is 0 Å². The highest BCUT2D eigenvalue weighted by atomic mass is 35.5. The molecule has 3 heteroatoms. The Morgan fingerprint density at radius 3 is 2.79 bits per heavy atom. The van der Waals surface area contributed by atoms with Gasteiger partial charge in [-0.05, 0) is 49.6 Å². The van der Waals surface area contributed by atoms with E-state index < -0.39 is 0 Å². The van der Waals surface area contributed by atoms with Crippen molar-refractivity contribution in [3.63, 3.8) is 0 Å². The molecule has 0 saturated carbocycles. The molecule has 78 valence electrons.